The molecule has 1 rings (SSSR count). The normalized spacial score (nSPS) is 9.58. The van der Waals surface area contributed by atoms with Crippen LogP contribution in [0.15, 0.2) is 4.73 Å². The molecule has 0 unspecified atom stereocenters. The minimum absolute atomic E-state index is 0.286. The van der Waals surface area contributed by atoms with Crippen molar-refractivity contribution < 1.29 is 14.3 Å². The summed E-state index contributed by atoms with van der Waals surface area (Å²) in [7, 11) is 1.24. The van der Waals surface area contributed by atoms with Gasteiger partial charge in [0.2, 0.25) is 5.88 Å². The van der Waals surface area contributed by atoms with Crippen molar-refractivity contribution in [2.24, 2.45) is 0 Å². The maximum absolute atomic E-state index is 10.6. The molecular weight excluding hydrogens is 228 g/mol. The molecular formula is C6H7BrN2O3. The number of nitrogens with zero attached hydrogens (tertiary/aromatic N) is 1. The molecule has 0 aromatic carbocycles. The highest BCUT2D eigenvalue weighted by Gasteiger charge is 2.10. The number of H-pyrrole nitrogens is 1. The molecule has 0 bridgehead atoms. The maximum atomic E-state index is 10.6. The van der Waals surface area contributed by atoms with E-state index in [-0.39, 0.29) is 5.88 Å². The number of methoxy groups -OCH3 is 1. The fourth-order valence-electron chi connectivity index (χ4n) is 0.634. The monoisotopic (exact) mass is 234 g/mol. The van der Waals surface area contributed by atoms with Gasteiger partial charge in [0.1, 0.15) is 5.69 Å². The Balaban J connectivity index is 2.75. The number of carbonyl (C=O) groups is 1. The largest absolute Gasteiger partial charge is 0.514 e. The third-order valence-electron chi connectivity index (χ3n) is 1.16. The Bertz CT molecular complexity index is 297. The van der Waals surface area contributed by atoms with Gasteiger partial charge in [0.05, 0.1) is 7.11 Å². The lowest BCUT2D eigenvalue weighted by atomic mass is 10.5. The molecule has 0 aliphatic rings. The van der Waals surface area contributed by atoms with Crippen LogP contribution >= 0.6 is 15.9 Å². The Morgan fingerprint density at radius 1 is 1.67 bits per heavy atom. The summed E-state index contributed by atoms with van der Waals surface area (Å²) in [5.74, 6) is 0.286. The molecule has 0 amide bonds. The first-order chi connectivity index (χ1) is 5.63. The lowest BCUT2D eigenvalue weighted by Crippen LogP contribution is -2.08. The van der Waals surface area contributed by atoms with Crippen LogP contribution in [0.25, 0.3) is 0 Å². The highest BCUT2D eigenvalue weighted by molar-refractivity contribution is 9.10. The number of hydrogen-bond acceptors (Lipinski definition) is 4. The van der Waals surface area contributed by atoms with E-state index in [1.54, 1.807) is 6.92 Å². The molecule has 0 fully saturated rings. The van der Waals surface area contributed by atoms with Gasteiger partial charge >= 0.3 is 6.16 Å². The van der Waals surface area contributed by atoms with Crippen LogP contribution in [0.2, 0.25) is 0 Å². The number of hydrogen-bond donors (Lipinski definition) is 1. The summed E-state index contributed by atoms with van der Waals surface area (Å²) in [6.45, 7) is 1.71. The number of aromatic amines is 1. The highest BCUT2D eigenvalue weighted by atomic mass is 79.9. The van der Waals surface area contributed by atoms with Crippen molar-refractivity contribution in [1.82, 2.24) is 9.97 Å². The summed E-state index contributed by atoms with van der Waals surface area (Å²) in [4.78, 5) is 17.3. The quantitative estimate of drug-likeness (QED) is 0.751. The Labute approximate surface area is 77.2 Å². The fraction of sp³-hybridized carbons (Fsp3) is 0.333. The topological polar surface area (TPSA) is 64.2 Å². The summed E-state index contributed by atoms with van der Waals surface area (Å²) in [6.07, 6.45) is -0.769. The van der Waals surface area contributed by atoms with Crippen LogP contribution in [0.5, 0.6) is 5.88 Å². The Morgan fingerprint density at radius 2 is 2.33 bits per heavy atom. The van der Waals surface area contributed by atoms with E-state index >= 15 is 0 Å². The van der Waals surface area contributed by atoms with Gasteiger partial charge in [-0.2, -0.15) is 0 Å². The van der Waals surface area contributed by atoms with E-state index in [2.05, 4.69) is 30.6 Å². The van der Waals surface area contributed by atoms with E-state index in [9.17, 15) is 4.79 Å². The molecule has 0 saturated heterocycles. The molecule has 1 N–H and O–H groups in total. The zero-order valence-corrected chi connectivity index (χ0v) is 8.14. The second-order valence-electron chi connectivity index (χ2n) is 2.00. The molecule has 12 heavy (non-hydrogen) atoms. The molecule has 1 aromatic heterocycles. The van der Waals surface area contributed by atoms with Crippen LogP contribution in [0.3, 0.4) is 0 Å². The molecule has 0 spiro atoms. The molecule has 1 heterocycles. The summed E-state index contributed by atoms with van der Waals surface area (Å²) >= 11 is 3.10. The van der Waals surface area contributed by atoms with E-state index in [4.69, 9.17) is 4.74 Å². The van der Waals surface area contributed by atoms with E-state index in [0.717, 1.165) is 0 Å². The van der Waals surface area contributed by atoms with Gasteiger partial charge in [-0.25, -0.2) is 9.78 Å². The number of nitrogens with one attached hydrogen (secondary N) is 1. The molecule has 66 valence electrons. The van der Waals surface area contributed by atoms with E-state index < -0.39 is 6.16 Å². The molecule has 6 heteroatoms. The van der Waals surface area contributed by atoms with Gasteiger partial charge in [-0.3, -0.25) is 0 Å². The first kappa shape index (κ1) is 9.05. The third-order valence-corrected chi connectivity index (χ3v) is 1.54. The molecule has 0 aliphatic carbocycles. The van der Waals surface area contributed by atoms with Crippen LogP contribution in [-0.2, 0) is 4.74 Å². The van der Waals surface area contributed by atoms with Crippen LogP contribution in [0.4, 0.5) is 4.79 Å². The minimum Gasteiger partial charge on any atom is -0.437 e. The number of aromatic nitrogens is 2. The zero-order valence-electron chi connectivity index (χ0n) is 6.55. The summed E-state index contributed by atoms with van der Waals surface area (Å²) in [6, 6.07) is 0. The molecule has 5 nitrogen and oxygen atoms in total. The van der Waals surface area contributed by atoms with Gasteiger partial charge in [0.15, 0.2) is 4.73 Å². The predicted octanol–water partition coefficient (Wildman–Crippen LogP) is 1.63. The molecule has 0 aliphatic heterocycles. The number of carbonyl (C=O) groups excluding carboxylic acids is 1. The molecule has 0 saturated carbocycles. The van der Waals surface area contributed by atoms with E-state index in [1.807, 2.05) is 0 Å². The van der Waals surface area contributed by atoms with E-state index in [0.29, 0.717) is 10.4 Å². The molecule has 0 radical (unpaired) electrons. The SMILES string of the molecule is COC(=O)Oc1[nH]c(Br)nc1C. The van der Waals surface area contributed by atoms with Crippen molar-refractivity contribution in [3.05, 3.63) is 10.4 Å². The number of imidazole rings is 1. The lowest BCUT2D eigenvalue weighted by molar-refractivity contribution is 0.119. The first-order valence-electron chi connectivity index (χ1n) is 3.11. The van der Waals surface area contributed by atoms with Crippen LogP contribution in [0, 0.1) is 6.92 Å². The van der Waals surface area contributed by atoms with Crippen molar-refractivity contribution in [1.29, 1.82) is 0 Å². The van der Waals surface area contributed by atoms with Crippen molar-refractivity contribution in [2.75, 3.05) is 7.11 Å². The predicted molar refractivity (Wildman–Crippen MR) is 44.1 cm³/mol. The number of rotatable bonds is 1. The molecule has 1 aromatic rings. The summed E-state index contributed by atoms with van der Waals surface area (Å²) in [5, 5.41) is 0. The minimum atomic E-state index is -0.769. The highest BCUT2D eigenvalue weighted by Crippen LogP contribution is 2.17. The number of aryl methyl sites for hydroxylation is 1. The maximum Gasteiger partial charge on any atom is 0.514 e. The first-order valence-corrected chi connectivity index (χ1v) is 3.90. The average Bonchev–Trinajstić information content (AvgIpc) is 2.30. The Morgan fingerprint density at radius 3 is 2.75 bits per heavy atom. The van der Waals surface area contributed by atoms with Gasteiger partial charge in [0.25, 0.3) is 0 Å². The smallest absolute Gasteiger partial charge is 0.437 e. The molecule has 0 atom stereocenters. The van der Waals surface area contributed by atoms with Crippen molar-refractivity contribution in [3.8, 4) is 5.88 Å². The van der Waals surface area contributed by atoms with Gasteiger partial charge in [-0.1, -0.05) is 0 Å². The van der Waals surface area contributed by atoms with E-state index in [1.165, 1.54) is 7.11 Å². The Hall–Kier alpha value is -1.04. The Kier molecular flexibility index (Phi) is 2.69. The van der Waals surface area contributed by atoms with Crippen LogP contribution < -0.4 is 4.74 Å². The standard InChI is InChI=1S/C6H7BrN2O3/c1-3-4(9-5(7)8-3)12-6(10)11-2/h1-2H3,(H,8,9). The number of ether oxygens (including phenoxy) is 2. The van der Waals surface area contributed by atoms with Gasteiger partial charge in [-0.05, 0) is 22.9 Å². The average molecular weight is 235 g/mol. The van der Waals surface area contributed by atoms with Crippen molar-refractivity contribution >= 4 is 22.1 Å². The summed E-state index contributed by atoms with van der Waals surface area (Å²) in [5.41, 5.74) is 0.590. The van der Waals surface area contributed by atoms with Gasteiger partial charge in [-0.15, -0.1) is 0 Å². The second kappa shape index (κ2) is 3.57. The fourth-order valence-corrected chi connectivity index (χ4v) is 1.08. The zero-order chi connectivity index (χ0) is 9.14. The third kappa shape index (κ3) is 1.97. The second-order valence-corrected chi connectivity index (χ2v) is 2.75. The van der Waals surface area contributed by atoms with Gasteiger partial charge in [0, 0.05) is 0 Å². The van der Waals surface area contributed by atoms with Crippen LogP contribution in [0.1, 0.15) is 5.69 Å². The van der Waals surface area contributed by atoms with Crippen molar-refractivity contribution in [2.45, 2.75) is 6.92 Å². The van der Waals surface area contributed by atoms with Crippen LogP contribution in [-0.4, -0.2) is 23.2 Å². The number of halogens is 1. The van der Waals surface area contributed by atoms with Crippen molar-refractivity contribution in [3.63, 3.8) is 0 Å². The van der Waals surface area contributed by atoms with Gasteiger partial charge < -0.3 is 14.5 Å². The lowest BCUT2D eigenvalue weighted by Gasteiger charge is -1.98. The summed E-state index contributed by atoms with van der Waals surface area (Å²) < 4.78 is 9.51.